The number of rotatable bonds is 3. The predicted molar refractivity (Wildman–Crippen MR) is 76.7 cm³/mol. The number of ether oxygens (including phenoxy) is 1. The third-order valence-electron chi connectivity index (χ3n) is 2.36. The molecule has 0 bridgehead atoms. The Kier molecular flexibility index (Phi) is 4.04. The van der Waals surface area contributed by atoms with E-state index in [-0.39, 0.29) is 12.6 Å². The van der Waals surface area contributed by atoms with Crippen molar-refractivity contribution in [1.82, 2.24) is 0 Å². The average molecular weight is 326 g/mol. The largest absolute Gasteiger partial charge is 0.456 e. The van der Waals surface area contributed by atoms with E-state index in [1.807, 2.05) is 24.4 Å². The molecule has 1 heterocycles. The number of benzene rings is 1. The van der Waals surface area contributed by atoms with Crippen LogP contribution in [0.2, 0.25) is 0 Å². The highest BCUT2D eigenvalue weighted by Crippen LogP contribution is 2.23. The zero-order valence-electron chi connectivity index (χ0n) is 9.77. The molecule has 18 heavy (non-hydrogen) atoms. The van der Waals surface area contributed by atoms with Crippen LogP contribution in [0, 0.1) is 6.92 Å². The minimum Gasteiger partial charge on any atom is -0.456 e. The molecule has 3 nitrogen and oxygen atoms in total. The number of carbonyl (C=O) groups excluding carboxylic acids is 1. The van der Waals surface area contributed by atoms with Crippen molar-refractivity contribution in [1.29, 1.82) is 0 Å². The number of hydrogen-bond acceptors (Lipinski definition) is 4. The quantitative estimate of drug-likeness (QED) is 0.690. The van der Waals surface area contributed by atoms with Crippen LogP contribution < -0.4 is 5.73 Å². The first-order chi connectivity index (χ1) is 8.56. The zero-order valence-corrected chi connectivity index (χ0v) is 12.2. The summed E-state index contributed by atoms with van der Waals surface area (Å²) in [6.45, 7) is 2.16. The lowest BCUT2D eigenvalue weighted by molar-refractivity contribution is 0.0476. The van der Waals surface area contributed by atoms with E-state index in [1.165, 1.54) is 0 Å². The van der Waals surface area contributed by atoms with Gasteiger partial charge in [0.1, 0.15) is 6.61 Å². The average Bonchev–Trinajstić information content (AvgIpc) is 2.70. The Morgan fingerprint density at radius 2 is 2.22 bits per heavy atom. The Labute approximate surface area is 118 Å². The Hall–Kier alpha value is -1.33. The predicted octanol–water partition coefficient (Wildman–Crippen LogP) is 3.76. The second-order valence-electron chi connectivity index (χ2n) is 3.90. The number of anilines is 1. The smallest absolute Gasteiger partial charge is 0.338 e. The normalized spacial score (nSPS) is 10.3. The Morgan fingerprint density at radius 1 is 1.44 bits per heavy atom. The SMILES string of the molecule is Cc1cc(N)cc(C(=O)OCc2sccc2Br)c1. The van der Waals surface area contributed by atoms with Crippen molar-refractivity contribution >= 4 is 38.9 Å². The second kappa shape index (κ2) is 5.54. The van der Waals surface area contributed by atoms with E-state index >= 15 is 0 Å². The molecule has 0 unspecified atom stereocenters. The van der Waals surface area contributed by atoms with Crippen molar-refractivity contribution < 1.29 is 9.53 Å². The molecule has 0 radical (unpaired) electrons. The van der Waals surface area contributed by atoms with Gasteiger partial charge in [-0.15, -0.1) is 11.3 Å². The maximum Gasteiger partial charge on any atom is 0.338 e. The highest BCUT2D eigenvalue weighted by molar-refractivity contribution is 9.10. The highest BCUT2D eigenvalue weighted by Gasteiger charge is 2.10. The summed E-state index contributed by atoms with van der Waals surface area (Å²) in [4.78, 5) is 12.9. The number of halogens is 1. The fourth-order valence-electron chi connectivity index (χ4n) is 1.57. The molecule has 94 valence electrons. The highest BCUT2D eigenvalue weighted by atomic mass is 79.9. The molecule has 0 amide bonds. The van der Waals surface area contributed by atoms with E-state index in [9.17, 15) is 4.79 Å². The van der Waals surface area contributed by atoms with Gasteiger partial charge in [-0.25, -0.2) is 4.79 Å². The summed E-state index contributed by atoms with van der Waals surface area (Å²) in [5, 5.41) is 1.94. The molecular formula is C13H12BrNO2S. The monoisotopic (exact) mass is 325 g/mol. The number of hydrogen-bond donors (Lipinski definition) is 1. The van der Waals surface area contributed by atoms with Crippen LogP contribution in [0.4, 0.5) is 5.69 Å². The second-order valence-corrected chi connectivity index (χ2v) is 5.76. The Bertz CT molecular complexity index is 560. The molecule has 0 fully saturated rings. The first-order valence-corrected chi connectivity index (χ1v) is 6.99. The summed E-state index contributed by atoms with van der Waals surface area (Å²) >= 11 is 4.94. The van der Waals surface area contributed by atoms with Gasteiger partial charge in [0.15, 0.2) is 0 Å². The van der Waals surface area contributed by atoms with Crippen LogP contribution in [0.25, 0.3) is 0 Å². The fourth-order valence-corrected chi connectivity index (χ4v) is 2.95. The number of thiophene rings is 1. The molecule has 0 spiro atoms. The van der Waals surface area contributed by atoms with Crippen LogP contribution in [0.3, 0.4) is 0 Å². The van der Waals surface area contributed by atoms with Crippen LogP contribution >= 0.6 is 27.3 Å². The zero-order chi connectivity index (χ0) is 13.1. The van der Waals surface area contributed by atoms with E-state index in [0.717, 1.165) is 14.9 Å². The van der Waals surface area contributed by atoms with E-state index < -0.39 is 0 Å². The van der Waals surface area contributed by atoms with Crippen molar-refractivity contribution in [2.24, 2.45) is 0 Å². The van der Waals surface area contributed by atoms with Gasteiger partial charge in [0, 0.05) is 10.2 Å². The van der Waals surface area contributed by atoms with E-state index in [4.69, 9.17) is 10.5 Å². The summed E-state index contributed by atoms with van der Waals surface area (Å²) in [6, 6.07) is 7.13. The molecule has 1 aromatic heterocycles. The van der Waals surface area contributed by atoms with E-state index in [1.54, 1.807) is 23.5 Å². The van der Waals surface area contributed by atoms with E-state index in [0.29, 0.717) is 11.3 Å². The number of aryl methyl sites for hydroxylation is 1. The summed E-state index contributed by atoms with van der Waals surface area (Å²) in [6.07, 6.45) is 0. The van der Waals surface area contributed by atoms with Gasteiger partial charge < -0.3 is 10.5 Å². The van der Waals surface area contributed by atoms with Gasteiger partial charge in [0.2, 0.25) is 0 Å². The van der Waals surface area contributed by atoms with Gasteiger partial charge in [-0.2, -0.15) is 0 Å². The first kappa shape index (κ1) is 13.1. The number of nitrogen functional groups attached to an aromatic ring is 1. The van der Waals surface area contributed by atoms with Gasteiger partial charge in [0.25, 0.3) is 0 Å². The lowest BCUT2D eigenvalue weighted by atomic mass is 10.1. The first-order valence-electron chi connectivity index (χ1n) is 5.32. The van der Waals surface area contributed by atoms with Crippen molar-refractivity contribution in [3.05, 3.63) is 50.1 Å². The van der Waals surface area contributed by atoms with Crippen molar-refractivity contribution in [3.8, 4) is 0 Å². The van der Waals surface area contributed by atoms with Crippen LogP contribution in [0.5, 0.6) is 0 Å². The van der Waals surface area contributed by atoms with Gasteiger partial charge in [-0.05, 0) is 58.1 Å². The fraction of sp³-hybridized carbons (Fsp3) is 0.154. The summed E-state index contributed by atoms with van der Waals surface area (Å²) in [7, 11) is 0. The van der Waals surface area contributed by atoms with Crippen LogP contribution in [-0.2, 0) is 11.3 Å². The van der Waals surface area contributed by atoms with Crippen molar-refractivity contribution in [2.45, 2.75) is 13.5 Å². The van der Waals surface area contributed by atoms with Crippen LogP contribution in [-0.4, -0.2) is 5.97 Å². The molecule has 0 saturated carbocycles. The standard InChI is InChI=1S/C13H12BrNO2S/c1-8-4-9(6-10(15)5-8)13(16)17-7-12-11(14)2-3-18-12/h2-6H,7,15H2,1H3. The Morgan fingerprint density at radius 3 is 2.83 bits per heavy atom. The third kappa shape index (κ3) is 3.11. The number of nitrogens with two attached hydrogens (primary N) is 1. The molecule has 2 rings (SSSR count). The van der Waals surface area contributed by atoms with Crippen molar-refractivity contribution in [3.63, 3.8) is 0 Å². The van der Waals surface area contributed by atoms with Gasteiger partial charge in [-0.1, -0.05) is 0 Å². The third-order valence-corrected chi connectivity index (χ3v) is 4.26. The molecule has 0 atom stereocenters. The number of esters is 1. The molecular weight excluding hydrogens is 314 g/mol. The minimum absolute atomic E-state index is 0.269. The summed E-state index contributed by atoms with van der Waals surface area (Å²) in [5.41, 5.74) is 7.70. The molecule has 0 aliphatic carbocycles. The molecule has 2 aromatic rings. The minimum atomic E-state index is -0.356. The van der Waals surface area contributed by atoms with Crippen LogP contribution in [0.1, 0.15) is 20.8 Å². The molecule has 2 N–H and O–H groups in total. The topological polar surface area (TPSA) is 52.3 Å². The maximum absolute atomic E-state index is 11.9. The molecule has 0 saturated heterocycles. The lowest BCUT2D eigenvalue weighted by Gasteiger charge is -2.06. The Balaban J connectivity index is 2.06. The molecule has 0 aliphatic heterocycles. The van der Waals surface area contributed by atoms with Gasteiger partial charge in [0.05, 0.1) is 10.4 Å². The molecule has 1 aromatic carbocycles. The van der Waals surface area contributed by atoms with Crippen LogP contribution in [0.15, 0.2) is 34.1 Å². The van der Waals surface area contributed by atoms with Gasteiger partial charge >= 0.3 is 5.97 Å². The summed E-state index contributed by atoms with van der Waals surface area (Å²) < 4.78 is 6.21. The maximum atomic E-state index is 11.9. The lowest BCUT2D eigenvalue weighted by Crippen LogP contribution is -2.06. The van der Waals surface area contributed by atoms with Gasteiger partial charge in [-0.3, -0.25) is 0 Å². The van der Waals surface area contributed by atoms with Crippen molar-refractivity contribution in [2.75, 3.05) is 5.73 Å². The molecule has 5 heteroatoms. The molecule has 0 aliphatic rings. The summed E-state index contributed by atoms with van der Waals surface area (Å²) in [5.74, 6) is -0.356. The number of carbonyl (C=O) groups is 1. The van der Waals surface area contributed by atoms with E-state index in [2.05, 4.69) is 15.9 Å².